The van der Waals surface area contributed by atoms with Crippen LogP contribution in [0.3, 0.4) is 0 Å². The Balaban J connectivity index is 0.895. The van der Waals surface area contributed by atoms with Crippen LogP contribution in [-0.2, 0) is 42.7 Å². The summed E-state index contributed by atoms with van der Waals surface area (Å²) in [6.07, 6.45) is 12.8. The summed E-state index contributed by atoms with van der Waals surface area (Å²) in [5, 5.41) is 64.2. The summed E-state index contributed by atoms with van der Waals surface area (Å²) in [5.41, 5.74) is 0.192. The third-order valence-corrected chi connectivity index (χ3v) is 15.3. The molecule has 0 unspecified atom stereocenters. The molecule has 67 heavy (non-hydrogen) atoms. The molecule has 0 radical (unpaired) electrons. The lowest BCUT2D eigenvalue weighted by molar-refractivity contribution is -0.321. The molecule has 0 aliphatic carbocycles. The minimum absolute atomic E-state index is 0.0403. The summed E-state index contributed by atoms with van der Waals surface area (Å²) >= 11 is 0. The molecule has 0 aromatic rings. The number of esters is 1. The molecular weight excluding hydrogens is 865 g/mol. The van der Waals surface area contributed by atoms with Gasteiger partial charge in [-0.25, -0.2) is 4.79 Å². The molecule has 18 atom stereocenters. The molecule has 6 saturated heterocycles. The molecule has 7 rings (SSSR count). The number of rotatable bonds is 15. The van der Waals surface area contributed by atoms with E-state index in [1.807, 2.05) is 26.0 Å². The van der Waals surface area contributed by atoms with Crippen LogP contribution in [0.2, 0.25) is 0 Å². The average Bonchev–Trinajstić information content (AvgIpc) is 3.69. The molecular formula is C52H80O15. The van der Waals surface area contributed by atoms with Gasteiger partial charge in [0.25, 0.3) is 0 Å². The Hall–Kier alpha value is -2.35. The van der Waals surface area contributed by atoms with Crippen LogP contribution in [0.5, 0.6) is 0 Å². The van der Waals surface area contributed by atoms with Gasteiger partial charge in [0, 0.05) is 38.0 Å². The first kappa shape index (κ1) is 52.5. The highest BCUT2D eigenvalue weighted by Crippen LogP contribution is 2.47. The molecule has 7 heterocycles. The summed E-state index contributed by atoms with van der Waals surface area (Å²) in [6.45, 7) is 15.9. The molecule has 6 N–H and O–H groups in total. The van der Waals surface area contributed by atoms with Crippen molar-refractivity contribution in [1.29, 1.82) is 0 Å². The van der Waals surface area contributed by atoms with Crippen molar-refractivity contribution in [3.8, 4) is 0 Å². The van der Waals surface area contributed by atoms with E-state index in [1.54, 1.807) is 19.1 Å². The molecule has 0 aromatic heterocycles. The van der Waals surface area contributed by atoms with E-state index in [-0.39, 0.29) is 43.2 Å². The second-order valence-electron chi connectivity index (χ2n) is 21.3. The van der Waals surface area contributed by atoms with Gasteiger partial charge in [0.15, 0.2) is 17.2 Å². The Morgan fingerprint density at radius 1 is 0.985 bits per heavy atom. The number of fused-ring (bicyclic) bond motifs is 1. The van der Waals surface area contributed by atoms with Gasteiger partial charge in [-0.3, -0.25) is 0 Å². The van der Waals surface area contributed by atoms with Gasteiger partial charge < -0.3 is 68.5 Å². The first-order chi connectivity index (χ1) is 31.8. The molecule has 0 aromatic carbocycles. The zero-order valence-corrected chi connectivity index (χ0v) is 40.6. The van der Waals surface area contributed by atoms with Crippen LogP contribution in [0.1, 0.15) is 131 Å². The van der Waals surface area contributed by atoms with Crippen LogP contribution < -0.4 is 0 Å². The Kier molecular flexibility index (Phi) is 17.2. The number of carbonyl (C=O) groups excluding carboxylic acids is 1. The molecule has 0 amide bonds. The molecule has 378 valence electrons. The minimum atomic E-state index is -1.88. The molecule has 7 aliphatic rings. The standard InChI is InChI=1S/C52H80O15/c1-31(11-10-12-37(54)29-53)30-60-48(58)49(7,59)28-39-15-16-43(56)52(64-39)27-32(2)25-42(65-52)33(3)13-14-38-18-22-51(63-38)23-19-41-47(67-51)44(57)36(6)46(62-41)40(55)26-35(5)45-34(4)17-21-50(66-45)20-8-9-24-61-50/h10-14,27,33-35,37-47,53-57,59H,6,8-9,15-26,28-30H2,1-5,7H3/b12-10+,14-13+,31-11+/t33-,34-,35+,37+,38+,39+,40+,41-,42+,43-,44-,45-,46+,47-,49-,50+,51-,52-/m1/s1. The normalized spacial score (nSPS) is 41.3. The van der Waals surface area contributed by atoms with Crippen molar-refractivity contribution >= 4 is 5.97 Å². The zero-order valence-electron chi connectivity index (χ0n) is 40.6. The van der Waals surface area contributed by atoms with Crippen molar-refractivity contribution in [2.24, 2.45) is 17.8 Å². The highest BCUT2D eigenvalue weighted by molar-refractivity contribution is 5.78. The first-order valence-electron chi connectivity index (χ1n) is 25.1. The monoisotopic (exact) mass is 945 g/mol. The fraction of sp³-hybridized carbons (Fsp3) is 0.788. The van der Waals surface area contributed by atoms with Gasteiger partial charge in [0.05, 0.1) is 55.9 Å². The van der Waals surface area contributed by atoms with Crippen LogP contribution >= 0.6 is 0 Å². The van der Waals surface area contributed by atoms with Gasteiger partial charge in [0.1, 0.15) is 31.0 Å². The maximum atomic E-state index is 13.0. The lowest BCUT2D eigenvalue weighted by atomic mass is 9.79. The van der Waals surface area contributed by atoms with Crippen molar-refractivity contribution in [3.63, 3.8) is 0 Å². The second-order valence-corrected chi connectivity index (χ2v) is 21.3. The molecule has 15 heteroatoms. The van der Waals surface area contributed by atoms with Gasteiger partial charge in [-0.15, -0.1) is 0 Å². The van der Waals surface area contributed by atoms with Crippen molar-refractivity contribution in [2.45, 2.75) is 222 Å². The largest absolute Gasteiger partial charge is 0.459 e. The quantitative estimate of drug-likeness (QED) is 0.0678. The van der Waals surface area contributed by atoms with Crippen LogP contribution in [0, 0.1) is 17.8 Å². The second kappa shape index (κ2) is 22.0. The number of aliphatic hydroxyl groups is 6. The van der Waals surface area contributed by atoms with Crippen molar-refractivity contribution in [1.82, 2.24) is 0 Å². The van der Waals surface area contributed by atoms with E-state index in [0.717, 1.165) is 44.3 Å². The van der Waals surface area contributed by atoms with E-state index in [1.165, 1.54) is 13.0 Å². The van der Waals surface area contributed by atoms with E-state index >= 15 is 0 Å². The molecule has 15 nitrogen and oxygen atoms in total. The van der Waals surface area contributed by atoms with Crippen LogP contribution in [0.25, 0.3) is 0 Å². The van der Waals surface area contributed by atoms with Crippen LogP contribution in [0.4, 0.5) is 0 Å². The van der Waals surface area contributed by atoms with E-state index in [2.05, 4.69) is 26.5 Å². The Labute approximate surface area is 397 Å². The molecule has 7 aliphatic heterocycles. The fourth-order valence-corrected chi connectivity index (χ4v) is 11.3. The minimum Gasteiger partial charge on any atom is -0.459 e. The average molecular weight is 945 g/mol. The number of aliphatic hydroxyl groups excluding tert-OH is 5. The van der Waals surface area contributed by atoms with E-state index in [4.69, 9.17) is 43.0 Å². The van der Waals surface area contributed by atoms with Gasteiger partial charge >= 0.3 is 5.97 Å². The number of ether oxygens (including phenoxy) is 8. The van der Waals surface area contributed by atoms with Crippen molar-refractivity contribution < 1.29 is 73.3 Å². The third kappa shape index (κ3) is 12.4. The number of allylic oxidation sites excluding steroid dienone is 2. The zero-order chi connectivity index (χ0) is 48.3. The first-order valence-corrected chi connectivity index (χ1v) is 25.1. The smallest absolute Gasteiger partial charge is 0.338 e. The number of hydrogen-bond donors (Lipinski definition) is 6. The van der Waals surface area contributed by atoms with Gasteiger partial charge in [-0.05, 0) is 108 Å². The van der Waals surface area contributed by atoms with Crippen molar-refractivity contribution in [3.05, 3.63) is 59.8 Å². The van der Waals surface area contributed by atoms with Crippen LogP contribution in [-0.4, -0.2) is 147 Å². The Morgan fingerprint density at radius 3 is 2.49 bits per heavy atom. The molecule has 0 saturated carbocycles. The Bertz CT molecular complexity index is 1820. The van der Waals surface area contributed by atoms with Gasteiger partial charge in [0.2, 0.25) is 5.79 Å². The summed E-state index contributed by atoms with van der Waals surface area (Å²) in [7, 11) is 0. The van der Waals surface area contributed by atoms with Crippen molar-refractivity contribution in [2.75, 3.05) is 19.8 Å². The Morgan fingerprint density at radius 2 is 1.75 bits per heavy atom. The maximum absolute atomic E-state index is 13.0. The number of hydrogen-bond acceptors (Lipinski definition) is 15. The summed E-state index contributed by atoms with van der Waals surface area (Å²) < 4.78 is 51.1. The maximum Gasteiger partial charge on any atom is 0.338 e. The number of carbonyl (C=O) groups is 1. The summed E-state index contributed by atoms with van der Waals surface area (Å²) in [5.74, 6) is -3.41. The molecule has 3 spiro atoms. The molecule has 6 fully saturated rings. The highest BCUT2D eigenvalue weighted by Gasteiger charge is 2.55. The van der Waals surface area contributed by atoms with E-state index in [0.29, 0.717) is 68.4 Å². The van der Waals surface area contributed by atoms with Crippen LogP contribution in [0.15, 0.2) is 59.8 Å². The summed E-state index contributed by atoms with van der Waals surface area (Å²) in [6, 6.07) is 0. The van der Waals surface area contributed by atoms with E-state index < -0.39 is 84.4 Å². The predicted molar refractivity (Wildman–Crippen MR) is 247 cm³/mol. The fourth-order valence-electron chi connectivity index (χ4n) is 11.3. The predicted octanol–water partition coefficient (Wildman–Crippen LogP) is 5.53. The highest BCUT2D eigenvalue weighted by atomic mass is 16.7. The van der Waals surface area contributed by atoms with Gasteiger partial charge in [-0.1, -0.05) is 63.3 Å². The van der Waals surface area contributed by atoms with Gasteiger partial charge in [-0.2, -0.15) is 0 Å². The van der Waals surface area contributed by atoms with E-state index in [9.17, 15) is 30.3 Å². The lowest BCUT2D eigenvalue weighted by Gasteiger charge is -2.50. The summed E-state index contributed by atoms with van der Waals surface area (Å²) in [4.78, 5) is 13.0. The lowest BCUT2D eigenvalue weighted by Crippen LogP contribution is -2.60. The third-order valence-electron chi connectivity index (χ3n) is 15.3. The topological polar surface area (TPSA) is 212 Å². The SMILES string of the molecule is C=C1[C@@H](O)[C@@H]2O[C@]3(CC[C@H](/C=C/[C@@H](C)[C@@H]4CC(C)=C[C@@]5(O[C@H](C[C@@](C)(O)C(=O)OC/C(C)=C/C=C/[C@H](O)CO)CC[C@H]5O)O4)O3)CC[C@H]2O[C@@H]1[C@@H](O)C[C@H](C)[C@@H]1O[C@@]2(CCCCO2)CC[C@H]1C. The molecule has 0 bridgehead atoms.